The predicted molar refractivity (Wildman–Crippen MR) is 120 cm³/mol. The van der Waals surface area contributed by atoms with Crippen LogP contribution in [-0.2, 0) is 4.79 Å². The number of rotatable bonds is 6. The fourth-order valence-corrected chi connectivity index (χ4v) is 4.00. The molecule has 1 aliphatic heterocycles. The monoisotopic (exact) mass is 470 g/mol. The molecular formula is C24H27BrN2O3. The van der Waals surface area contributed by atoms with Crippen LogP contribution in [0.4, 0.5) is 0 Å². The van der Waals surface area contributed by atoms with Gasteiger partial charge in [-0.15, -0.1) is 0 Å². The van der Waals surface area contributed by atoms with Gasteiger partial charge < -0.3 is 10.2 Å². The summed E-state index contributed by atoms with van der Waals surface area (Å²) in [7, 11) is 0. The molecule has 0 unspecified atom stereocenters. The lowest BCUT2D eigenvalue weighted by Gasteiger charge is -2.35. The van der Waals surface area contributed by atoms with E-state index in [0.717, 1.165) is 10.0 Å². The van der Waals surface area contributed by atoms with E-state index in [4.69, 9.17) is 0 Å². The van der Waals surface area contributed by atoms with Crippen LogP contribution < -0.4 is 5.32 Å². The fourth-order valence-electron chi connectivity index (χ4n) is 3.74. The van der Waals surface area contributed by atoms with Gasteiger partial charge in [0, 0.05) is 34.6 Å². The summed E-state index contributed by atoms with van der Waals surface area (Å²) in [5.41, 5.74) is 1.24. The van der Waals surface area contributed by atoms with Gasteiger partial charge in [-0.25, -0.2) is 0 Å². The molecule has 0 spiro atoms. The Kier molecular flexibility index (Phi) is 7.43. The van der Waals surface area contributed by atoms with Gasteiger partial charge in [0.25, 0.3) is 5.91 Å². The van der Waals surface area contributed by atoms with Gasteiger partial charge in [-0.3, -0.25) is 14.4 Å². The number of likely N-dealkylation sites (tertiary alicyclic amines) is 1. The highest BCUT2D eigenvalue weighted by Crippen LogP contribution is 2.23. The molecule has 3 rings (SSSR count). The van der Waals surface area contributed by atoms with Crippen LogP contribution in [0.1, 0.15) is 47.4 Å². The quantitative estimate of drug-likeness (QED) is 0.638. The van der Waals surface area contributed by atoms with Gasteiger partial charge in [0.05, 0.1) is 0 Å². The second-order valence-corrected chi connectivity index (χ2v) is 8.95. The maximum Gasteiger partial charge on any atom is 0.251 e. The topological polar surface area (TPSA) is 66.5 Å². The summed E-state index contributed by atoms with van der Waals surface area (Å²) >= 11 is 3.36. The van der Waals surface area contributed by atoms with E-state index in [1.54, 1.807) is 29.2 Å². The first kappa shape index (κ1) is 22.2. The van der Waals surface area contributed by atoms with E-state index in [2.05, 4.69) is 21.2 Å². The lowest BCUT2D eigenvalue weighted by atomic mass is 9.88. The van der Waals surface area contributed by atoms with Crippen molar-refractivity contribution in [3.05, 3.63) is 70.2 Å². The summed E-state index contributed by atoms with van der Waals surface area (Å²) in [6, 6.07) is 15.8. The van der Waals surface area contributed by atoms with Crippen molar-refractivity contribution < 1.29 is 14.4 Å². The van der Waals surface area contributed by atoms with Crippen molar-refractivity contribution in [1.82, 2.24) is 10.2 Å². The number of ketones is 1. The van der Waals surface area contributed by atoms with Crippen molar-refractivity contribution in [2.75, 3.05) is 13.1 Å². The molecule has 1 saturated heterocycles. The summed E-state index contributed by atoms with van der Waals surface area (Å²) in [6.45, 7) is 4.91. The molecule has 6 heteroatoms. The fraction of sp³-hybridized carbons (Fsp3) is 0.375. The van der Waals surface area contributed by atoms with Crippen LogP contribution in [-0.4, -0.2) is 41.6 Å². The van der Waals surface area contributed by atoms with E-state index in [1.165, 1.54) is 0 Å². The summed E-state index contributed by atoms with van der Waals surface area (Å²) < 4.78 is 0.892. The summed E-state index contributed by atoms with van der Waals surface area (Å²) in [4.78, 5) is 40.2. The highest BCUT2D eigenvalue weighted by molar-refractivity contribution is 9.10. The third-order valence-corrected chi connectivity index (χ3v) is 6.09. The zero-order valence-electron chi connectivity index (χ0n) is 17.3. The number of nitrogens with one attached hydrogen (secondary N) is 1. The van der Waals surface area contributed by atoms with E-state index >= 15 is 0 Å². The summed E-state index contributed by atoms with van der Waals surface area (Å²) in [6.07, 6.45) is 1.29. The van der Waals surface area contributed by atoms with Crippen molar-refractivity contribution in [3.63, 3.8) is 0 Å². The highest BCUT2D eigenvalue weighted by Gasteiger charge is 2.33. The molecule has 5 nitrogen and oxygen atoms in total. The van der Waals surface area contributed by atoms with E-state index in [9.17, 15) is 14.4 Å². The van der Waals surface area contributed by atoms with E-state index < -0.39 is 6.04 Å². The number of halogens is 1. The first-order chi connectivity index (χ1) is 14.4. The van der Waals surface area contributed by atoms with E-state index in [0.29, 0.717) is 31.5 Å². The Morgan fingerprint density at radius 3 is 2.10 bits per heavy atom. The lowest BCUT2D eigenvalue weighted by Crippen LogP contribution is -2.53. The number of Topliss-reactive ketones (excluding diaryl/α,β-unsaturated/α-hetero) is 1. The first-order valence-corrected chi connectivity index (χ1v) is 11.1. The van der Waals surface area contributed by atoms with Gasteiger partial charge >= 0.3 is 0 Å². The Bertz CT molecular complexity index is 888. The summed E-state index contributed by atoms with van der Waals surface area (Å²) in [5.74, 6) is -0.303. The maximum atomic E-state index is 13.1. The minimum Gasteiger partial charge on any atom is -0.341 e. The van der Waals surface area contributed by atoms with Gasteiger partial charge in [0.2, 0.25) is 5.91 Å². The number of carbonyl (C=O) groups is 3. The highest BCUT2D eigenvalue weighted by atomic mass is 79.9. The molecule has 2 amide bonds. The third-order valence-electron chi connectivity index (χ3n) is 5.56. The number of nitrogens with zero attached hydrogens (tertiary/aromatic N) is 1. The van der Waals surface area contributed by atoms with E-state index in [-0.39, 0.29) is 29.4 Å². The van der Waals surface area contributed by atoms with Crippen LogP contribution >= 0.6 is 15.9 Å². The Labute approximate surface area is 186 Å². The average Bonchev–Trinajstić information content (AvgIpc) is 2.77. The maximum absolute atomic E-state index is 13.1. The standard InChI is InChI=1S/C24H27BrN2O3/c1-16(2)21(26-23(29)19-8-10-20(25)11-9-19)24(30)27-14-12-18(13-15-27)22(28)17-6-4-3-5-7-17/h3-11,16,18,21H,12-15H2,1-2H3,(H,26,29)/t21-/m0/s1. The molecule has 1 aliphatic rings. The molecular weight excluding hydrogens is 444 g/mol. The third kappa shape index (κ3) is 5.36. The molecule has 2 aromatic carbocycles. The zero-order chi connectivity index (χ0) is 21.7. The van der Waals surface area contributed by atoms with Gasteiger partial charge in [-0.05, 0) is 43.0 Å². The van der Waals surface area contributed by atoms with E-state index in [1.807, 2.05) is 44.2 Å². The van der Waals surface area contributed by atoms with Crippen molar-refractivity contribution in [2.24, 2.45) is 11.8 Å². The van der Waals surface area contributed by atoms with Gasteiger partial charge in [0.15, 0.2) is 5.78 Å². The van der Waals surface area contributed by atoms with Crippen LogP contribution in [0, 0.1) is 11.8 Å². The largest absolute Gasteiger partial charge is 0.341 e. The molecule has 1 heterocycles. The molecule has 0 aromatic heterocycles. The molecule has 0 aliphatic carbocycles. The van der Waals surface area contributed by atoms with Crippen LogP contribution in [0.2, 0.25) is 0 Å². The Morgan fingerprint density at radius 1 is 0.933 bits per heavy atom. The first-order valence-electron chi connectivity index (χ1n) is 10.3. The number of piperidine rings is 1. The number of hydrogen-bond acceptors (Lipinski definition) is 3. The van der Waals surface area contributed by atoms with Gasteiger partial charge in [-0.1, -0.05) is 60.1 Å². The van der Waals surface area contributed by atoms with Gasteiger partial charge in [-0.2, -0.15) is 0 Å². The van der Waals surface area contributed by atoms with Crippen LogP contribution in [0.3, 0.4) is 0 Å². The minimum absolute atomic E-state index is 0.0411. The molecule has 1 fully saturated rings. The van der Waals surface area contributed by atoms with Crippen molar-refractivity contribution >= 4 is 33.5 Å². The lowest BCUT2D eigenvalue weighted by molar-refractivity contribution is -0.135. The Balaban J connectivity index is 1.60. The second kappa shape index (κ2) is 10.0. The Hall–Kier alpha value is -2.47. The van der Waals surface area contributed by atoms with Crippen LogP contribution in [0.5, 0.6) is 0 Å². The SMILES string of the molecule is CC(C)[C@H](NC(=O)c1ccc(Br)cc1)C(=O)N1CCC(C(=O)c2ccccc2)CC1. The second-order valence-electron chi connectivity index (χ2n) is 8.03. The van der Waals surface area contributed by atoms with Gasteiger partial charge in [0.1, 0.15) is 6.04 Å². The van der Waals surface area contributed by atoms with Crippen LogP contribution in [0.25, 0.3) is 0 Å². The molecule has 158 valence electrons. The Morgan fingerprint density at radius 2 is 1.53 bits per heavy atom. The van der Waals surface area contributed by atoms with Crippen molar-refractivity contribution in [2.45, 2.75) is 32.7 Å². The van der Waals surface area contributed by atoms with Crippen LogP contribution in [0.15, 0.2) is 59.1 Å². The number of amides is 2. The summed E-state index contributed by atoms with van der Waals surface area (Å²) in [5, 5.41) is 2.90. The average molecular weight is 471 g/mol. The molecule has 1 atom stereocenters. The molecule has 2 aromatic rings. The molecule has 30 heavy (non-hydrogen) atoms. The van der Waals surface area contributed by atoms with Crippen molar-refractivity contribution in [1.29, 1.82) is 0 Å². The number of benzene rings is 2. The normalized spacial score (nSPS) is 15.7. The van der Waals surface area contributed by atoms with Crippen molar-refractivity contribution in [3.8, 4) is 0 Å². The zero-order valence-corrected chi connectivity index (χ0v) is 18.9. The molecule has 0 saturated carbocycles. The predicted octanol–water partition coefficient (Wildman–Crippen LogP) is 4.33. The molecule has 0 radical (unpaired) electrons. The number of carbonyl (C=O) groups excluding carboxylic acids is 3. The minimum atomic E-state index is -0.595. The number of hydrogen-bond donors (Lipinski definition) is 1. The molecule has 0 bridgehead atoms. The smallest absolute Gasteiger partial charge is 0.251 e. The molecule has 1 N–H and O–H groups in total.